The molecule has 1 amide bonds. The standard InChI is InChI=1S/C12H15BrClNO2/c1-12(2,7-16)6-15-11(17)8-3-4-9(13)10(14)5-8/h3-5,16H,6-7H2,1-2H3,(H,15,17). The molecule has 0 aliphatic carbocycles. The molecule has 0 unspecified atom stereocenters. The van der Waals surface area contributed by atoms with Crippen LogP contribution in [-0.4, -0.2) is 24.2 Å². The van der Waals surface area contributed by atoms with Gasteiger partial charge < -0.3 is 10.4 Å². The molecule has 2 N–H and O–H groups in total. The van der Waals surface area contributed by atoms with Crippen molar-refractivity contribution in [2.75, 3.05) is 13.2 Å². The summed E-state index contributed by atoms with van der Waals surface area (Å²) in [4.78, 5) is 11.8. The number of nitrogens with one attached hydrogen (secondary N) is 1. The molecule has 1 aromatic carbocycles. The number of amides is 1. The van der Waals surface area contributed by atoms with Crippen LogP contribution in [0.1, 0.15) is 24.2 Å². The summed E-state index contributed by atoms with van der Waals surface area (Å²) >= 11 is 9.17. The lowest BCUT2D eigenvalue weighted by molar-refractivity contribution is 0.0911. The van der Waals surface area contributed by atoms with E-state index in [1.807, 2.05) is 13.8 Å². The smallest absolute Gasteiger partial charge is 0.251 e. The molecule has 0 aliphatic rings. The first-order chi connectivity index (χ1) is 7.85. The Hall–Kier alpha value is -0.580. The number of rotatable bonds is 4. The molecular formula is C12H15BrClNO2. The lowest BCUT2D eigenvalue weighted by Gasteiger charge is -2.21. The number of hydrogen-bond donors (Lipinski definition) is 2. The van der Waals surface area contributed by atoms with Crippen molar-refractivity contribution >= 4 is 33.4 Å². The number of aliphatic hydroxyl groups is 1. The third-order valence-electron chi connectivity index (χ3n) is 2.34. The van der Waals surface area contributed by atoms with Crippen LogP contribution in [0.3, 0.4) is 0 Å². The van der Waals surface area contributed by atoms with Crippen LogP contribution >= 0.6 is 27.5 Å². The topological polar surface area (TPSA) is 49.3 Å². The molecule has 0 spiro atoms. The molecule has 17 heavy (non-hydrogen) atoms. The molecule has 94 valence electrons. The van der Waals surface area contributed by atoms with Gasteiger partial charge in [0.2, 0.25) is 0 Å². The van der Waals surface area contributed by atoms with Gasteiger partial charge in [-0.15, -0.1) is 0 Å². The second-order valence-corrected chi connectivity index (χ2v) is 5.90. The van der Waals surface area contributed by atoms with E-state index in [0.29, 0.717) is 17.1 Å². The van der Waals surface area contributed by atoms with Crippen LogP contribution in [0.4, 0.5) is 0 Å². The molecule has 0 bridgehead atoms. The Kier molecular flexibility index (Phi) is 4.98. The highest BCUT2D eigenvalue weighted by molar-refractivity contribution is 9.10. The molecule has 5 heteroatoms. The van der Waals surface area contributed by atoms with Crippen molar-refractivity contribution in [3.05, 3.63) is 33.3 Å². The first kappa shape index (κ1) is 14.5. The van der Waals surface area contributed by atoms with E-state index in [4.69, 9.17) is 16.7 Å². The second kappa shape index (κ2) is 5.85. The van der Waals surface area contributed by atoms with Gasteiger partial charge in [-0.2, -0.15) is 0 Å². The Labute approximate surface area is 114 Å². The van der Waals surface area contributed by atoms with Crippen molar-refractivity contribution < 1.29 is 9.90 Å². The van der Waals surface area contributed by atoms with Gasteiger partial charge in [0.1, 0.15) is 0 Å². The van der Waals surface area contributed by atoms with E-state index in [1.54, 1.807) is 18.2 Å². The predicted molar refractivity (Wildman–Crippen MR) is 72.4 cm³/mol. The quantitative estimate of drug-likeness (QED) is 0.896. The highest BCUT2D eigenvalue weighted by Crippen LogP contribution is 2.23. The van der Waals surface area contributed by atoms with Gasteiger partial charge >= 0.3 is 0 Å². The first-order valence-electron chi connectivity index (χ1n) is 5.20. The Morgan fingerprint density at radius 3 is 2.71 bits per heavy atom. The van der Waals surface area contributed by atoms with Crippen LogP contribution in [0.5, 0.6) is 0 Å². The van der Waals surface area contributed by atoms with Crippen molar-refractivity contribution in [3.63, 3.8) is 0 Å². The molecule has 0 aromatic heterocycles. The average molecular weight is 321 g/mol. The van der Waals surface area contributed by atoms with Gasteiger partial charge in [-0.3, -0.25) is 4.79 Å². The Bertz CT molecular complexity index is 421. The maximum absolute atomic E-state index is 11.8. The van der Waals surface area contributed by atoms with E-state index in [-0.39, 0.29) is 17.9 Å². The monoisotopic (exact) mass is 319 g/mol. The van der Waals surface area contributed by atoms with Gasteiger partial charge in [0.15, 0.2) is 0 Å². The number of carbonyl (C=O) groups is 1. The van der Waals surface area contributed by atoms with E-state index in [2.05, 4.69) is 21.2 Å². The van der Waals surface area contributed by atoms with Crippen molar-refractivity contribution in [1.29, 1.82) is 0 Å². The summed E-state index contributed by atoms with van der Waals surface area (Å²) in [6.07, 6.45) is 0. The van der Waals surface area contributed by atoms with E-state index in [0.717, 1.165) is 4.47 Å². The molecule has 0 fully saturated rings. The Morgan fingerprint density at radius 1 is 1.53 bits per heavy atom. The minimum Gasteiger partial charge on any atom is -0.396 e. The highest BCUT2D eigenvalue weighted by atomic mass is 79.9. The van der Waals surface area contributed by atoms with Crippen molar-refractivity contribution in [2.45, 2.75) is 13.8 Å². The normalized spacial score (nSPS) is 11.4. The molecular weight excluding hydrogens is 305 g/mol. The lowest BCUT2D eigenvalue weighted by Crippen LogP contribution is -2.36. The molecule has 0 radical (unpaired) electrons. The summed E-state index contributed by atoms with van der Waals surface area (Å²) in [5.74, 6) is -0.194. The fourth-order valence-corrected chi connectivity index (χ4v) is 1.54. The maximum atomic E-state index is 11.8. The molecule has 0 heterocycles. The number of aliphatic hydroxyl groups excluding tert-OH is 1. The minimum absolute atomic E-state index is 0.0222. The lowest BCUT2D eigenvalue weighted by atomic mass is 9.95. The summed E-state index contributed by atoms with van der Waals surface area (Å²) in [6.45, 7) is 4.19. The van der Waals surface area contributed by atoms with Crippen LogP contribution in [0.2, 0.25) is 5.02 Å². The molecule has 0 aliphatic heterocycles. The van der Waals surface area contributed by atoms with Gasteiger partial charge in [-0.25, -0.2) is 0 Å². The third kappa shape index (κ3) is 4.30. The van der Waals surface area contributed by atoms with E-state index < -0.39 is 0 Å². The van der Waals surface area contributed by atoms with Gasteiger partial charge in [-0.05, 0) is 34.1 Å². The summed E-state index contributed by atoms with van der Waals surface area (Å²) in [7, 11) is 0. The first-order valence-corrected chi connectivity index (χ1v) is 6.37. The van der Waals surface area contributed by atoms with Crippen LogP contribution in [-0.2, 0) is 0 Å². The molecule has 0 saturated heterocycles. The highest BCUT2D eigenvalue weighted by Gasteiger charge is 2.18. The second-order valence-electron chi connectivity index (χ2n) is 4.63. The third-order valence-corrected chi connectivity index (χ3v) is 3.57. The van der Waals surface area contributed by atoms with Gasteiger partial charge in [0, 0.05) is 28.6 Å². The predicted octanol–water partition coefficient (Wildman–Crippen LogP) is 2.85. The van der Waals surface area contributed by atoms with Crippen molar-refractivity contribution in [3.8, 4) is 0 Å². The molecule has 0 saturated carbocycles. The zero-order valence-corrected chi connectivity index (χ0v) is 12.1. The van der Waals surface area contributed by atoms with Crippen LogP contribution < -0.4 is 5.32 Å². The van der Waals surface area contributed by atoms with Gasteiger partial charge in [-0.1, -0.05) is 25.4 Å². The van der Waals surface area contributed by atoms with Crippen LogP contribution in [0.15, 0.2) is 22.7 Å². The summed E-state index contributed by atoms with van der Waals surface area (Å²) in [5.41, 5.74) is 0.182. The van der Waals surface area contributed by atoms with Gasteiger partial charge in [0.25, 0.3) is 5.91 Å². The average Bonchev–Trinajstić information content (AvgIpc) is 2.30. The number of halogens is 2. The largest absolute Gasteiger partial charge is 0.396 e. The molecule has 3 nitrogen and oxygen atoms in total. The van der Waals surface area contributed by atoms with Crippen molar-refractivity contribution in [1.82, 2.24) is 5.32 Å². The Morgan fingerprint density at radius 2 is 2.18 bits per heavy atom. The van der Waals surface area contributed by atoms with E-state index in [1.165, 1.54) is 0 Å². The van der Waals surface area contributed by atoms with E-state index >= 15 is 0 Å². The number of benzene rings is 1. The van der Waals surface area contributed by atoms with Crippen LogP contribution in [0, 0.1) is 5.41 Å². The summed E-state index contributed by atoms with van der Waals surface area (Å²) in [6, 6.07) is 5.03. The minimum atomic E-state index is -0.325. The van der Waals surface area contributed by atoms with Crippen LogP contribution in [0.25, 0.3) is 0 Å². The molecule has 0 atom stereocenters. The summed E-state index contributed by atoms with van der Waals surface area (Å²) < 4.78 is 0.756. The van der Waals surface area contributed by atoms with Gasteiger partial charge in [0.05, 0.1) is 5.02 Å². The molecule has 1 rings (SSSR count). The zero-order valence-electron chi connectivity index (χ0n) is 9.76. The summed E-state index contributed by atoms with van der Waals surface area (Å²) in [5, 5.41) is 12.3. The number of hydrogen-bond acceptors (Lipinski definition) is 2. The Balaban J connectivity index is 2.68. The molecule has 1 aromatic rings. The fraction of sp³-hybridized carbons (Fsp3) is 0.417. The van der Waals surface area contributed by atoms with E-state index in [9.17, 15) is 4.79 Å². The zero-order chi connectivity index (χ0) is 13.1. The number of carbonyl (C=O) groups excluding carboxylic acids is 1. The fourth-order valence-electron chi connectivity index (χ4n) is 1.11. The van der Waals surface area contributed by atoms with Crippen molar-refractivity contribution in [2.24, 2.45) is 5.41 Å². The SMILES string of the molecule is CC(C)(CO)CNC(=O)c1ccc(Br)c(Cl)c1. The maximum Gasteiger partial charge on any atom is 0.251 e.